The van der Waals surface area contributed by atoms with Crippen LogP contribution in [0, 0.1) is 0 Å². The Kier molecular flexibility index (Phi) is 4.03. The zero-order valence-corrected chi connectivity index (χ0v) is 13.4. The Hall–Kier alpha value is -2.81. The molecular formula is C16H12F3N3O2S. The number of alkyl halides is 3. The van der Waals surface area contributed by atoms with Crippen LogP contribution in [-0.2, 0) is 16.2 Å². The Morgan fingerprint density at radius 2 is 1.76 bits per heavy atom. The molecule has 0 fully saturated rings. The van der Waals surface area contributed by atoms with Crippen LogP contribution >= 0.6 is 0 Å². The Bertz CT molecular complexity index is 1040. The molecule has 0 saturated heterocycles. The summed E-state index contributed by atoms with van der Waals surface area (Å²) >= 11 is 0. The van der Waals surface area contributed by atoms with Gasteiger partial charge in [0.05, 0.1) is 22.5 Å². The highest BCUT2D eigenvalue weighted by atomic mass is 32.2. The number of rotatable bonds is 3. The van der Waals surface area contributed by atoms with Crippen LogP contribution in [0.25, 0.3) is 10.9 Å². The number of anilines is 2. The summed E-state index contributed by atoms with van der Waals surface area (Å²) in [5.41, 5.74) is 4.72. The molecule has 0 spiro atoms. The highest BCUT2D eigenvalue weighted by Crippen LogP contribution is 2.33. The molecule has 2 aromatic carbocycles. The first-order chi connectivity index (χ1) is 11.7. The van der Waals surface area contributed by atoms with E-state index in [9.17, 15) is 21.6 Å². The third kappa shape index (κ3) is 3.36. The van der Waals surface area contributed by atoms with Crippen LogP contribution in [-0.4, -0.2) is 13.4 Å². The summed E-state index contributed by atoms with van der Waals surface area (Å²) in [5, 5.41) is 0.680. The first-order valence-corrected chi connectivity index (χ1v) is 8.50. The van der Waals surface area contributed by atoms with Crippen molar-refractivity contribution >= 4 is 32.3 Å². The van der Waals surface area contributed by atoms with Gasteiger partial charge < -0.3 is 5.73 Å². The number of nitrogens with one attached hydrogen (secondary N) is 1. The number of sulfonamides is 1. The van der Waals surface area contributed by atoms with Crippen LogP contribution < -0.4 is 10.5 Å². The minimum atomic E-state index is -4.68. The molecule has 0 aliphatic rings. The number of benzene rings is 2. The number of fused-ring (bicyclic) bond motifs is 1. The summed E-state index contributed by atoms with van der Waals surface area (Å²) in [6, 6.07) is 10.4. The molecule has 0 atom stereocenters. The number of nitrogens with zero attached hydrogens (tertiary/aromatic N) is 1. The molecule has 0 radical (unpaired) electrons. The van der Waals surface area contributed by atoms with Crippen LogP contribution in [0.5, 0.6) is 0 Å². The van der Waals surface area contributed by atoms with Crippen LogP contribution in [0.4, 0.5) is 24.5 Å². The van der Waals surface area contributed by atoms with E-state index < -0.39 is 26.7 Å². The smallest absolute Gasteiger partial charge is 0.398 e. The van der Waals surface area contributed by atoms with E-state index in [0.717, 1.165) is 12.1 Å². The summed E-state index contributed by atoms with van der Waals surface area (Å²) in [4.78, 5) is 3.46. The largest absolute Gasteiger partial charge is 0.416 e. The third-order valence-electron chi connectivity index (χ3n) is 3.51. The monoisotopic (exact) mass is 367 g/mol. The van der Waals surface area contributed by atoms with Gasteiger partial charge in [0.15, 0.2) is 0 Å². The number of hydrogen-bond donors (Lipinski definition) is 2. The predicted octanol–water partition coefficient (Wildman–Crippen LogP) is 3.64. The second-order valence-electron chi connectivity index (χ2n) is 5.24. The number of nitrogens with two attached hydrogens (primary N) is 1. The SMILES string of the molecule is Nc1ccc(C(F)(F)F)cc1S(=O)(=O)Nc1cccc2cccnc12. The second-order valence-corrected chi connectivity index (χ2v) is 6.89. The van der Waals surface area contributed by atoms with E-state index in [0.29, 0.717) is 17.0 Å². The first kappa shape index (κ1) is 17.0. The van der Waals surface area contributed by atoms with E-state index in [1.54, 1.807) is 24.3 Å². The van der Waals surface area contributed by atoms with E-state index in [-0.39, 0.29) is 11.4 Å². The summed E-state index contributed by atoms with van der Waals surface area (Å²) in [6.07, 6.45) is -3.20. The van der Waals surface area contributed by atoms with Gasteiger partial charge in [-0.05, 0) is 30.3 Å². The number of nitrogen functional groups attached to an aromatic ring is 1. The molecule has 130 valence electrons. The number of hydrogen-bond acceptors (Lipinski definition) is 4. The molecule has 3 rings (SSSR count). The fourth-order valence-electron chi connectivity index (χ4n) is 2.33. The summed E-state index contributed by atoms with van der Waals surface area (Å²) in [5.74, 6) is 0. The molecule has 0 aliphatic heterocycles. The van der Waals surface area contributed by atoms with Crippen LogP contribution in [0.3, 0.4) is 0 Å². The number of aromatic nitrogens is 1. The molecule has 1 aromatic heterocycles. The number of pyridine rings is 1. The summed E-state index contributed by atoms with van der Waals surface area (Å²) in [7, 11) is -4.33. The second kappa shape index (κ2) is 5.92. The molecule has 0 unspecified atom stereocenters. The normalized spacial score (nSPS) is 12.3. The maximum Gasteiger partial charge on any atom is 0.416 e. The van der Waals surface area contributed by atoms with E-state index in [4.69, 9.17) is 5.73 Å². The van der Waals surface area contributed by atoms with Crippen molar-refractivity contribution < 1.29 is 21.6 Å². The summed E-state index contributed by atoms with van der Waals surface area (Å²) in [6.45, 7) is 0. The van der Waals surface area contributed by atoms with Crippen molar-refractivity contribution in [2.45, 2.75) is 11.1 Å². The molecule has 3 aromatic rings. The molecule has 25 heavy (non-hydrogen) atoms. The van der Waals surface area contributed by atoms with Crippen LogP contribution in [0.15, 0.2) is 59.6 Å². The average molecular weight is 367 g/mol. The highest BCUT2D eigenvalue weighted by molar-refractivity contribution is 7.93. The highest BCUT2D eigenvalue weighted by Gasteiger charge is 2.32. The quantitative estimate of drug-likeness (QED) is 0.692. The van der Waals surface area contributed by atoms with Crippen molar-refractivity contribution in [3.8, 4) is 0 Å². The Balaban J connectivity index is 2.08. The maximum atomic E-state index is 12.9. The molecule has 1 heterocycles. The van der Waals surface area contributed by atoms with Crippen molar-refractivity contribution in [3.63, 3.8) is 0 Å². The van der Waals surface area contributed by atoms with Gasteiger partial charge in [-0.2, -0.15) is 13.2 Å². The zero-order chi connectivity index (χ0) is 18.2. The third-order valence-corrected chi connectivity index (χ3v) is 4.93. The Morgan fingerprint density at radius 1 is 1.04 bits per heavy atom. The molecule has 5 nitrogen and oxygen atoms in total. The van der Waals surface area contributed by atoms with Gasteiger partial charge in [-0.3, -0.25) is 9.71 Å². The molecule has 0 bridgehead atoms. The molecule has 0 saturated carbocycles. The number of para-hydroxylation sites is 1. The minimum absolute atomic E-state index is 0.148. The van der Waals surface area contributed by atoms with Crippen molar-refractivity contribution in [1.29, 1.82) is 0 Å². The fraction of sp³-hybridized carbons (Fsp3) is 0.0625. The fourth-order valence-corrected chi connectivity index (χ4v) is 3.55. The van der Waals surface area contributed by atoms with Gasteiger partial charge in [-0.1, -0.05) is 18.2 Å². The lowest BCUT2D eigenvalue weighted by Gasteiger charge is -2.14. The van der Waals surface area contributed by atoms with Crippen LogP contribution in [0.2, 0.25) is 0 Å². The molecule has 9 heteroatoms. The van der Waals surface area contributed by atoms with Crippen molar-refractivity contribution in [1.82, 2.24) is 4.98 Å². The van der Waals surface area contributed by atoms with Gasteiger partial charge in [0.2, 0.25) is 0 Å². The zero-order valence-electron chi connectivity index (χ0n) is 12.6. The lowest BCUT2D eigenvalue weighted by molar-refractivity contribution is -0.137. The predicted molar refractivity (Wildman–Crippen MR) is 88.4 cm³/mol. The lowest BCUT2D eigenvalue weighted by Crippen LogP contribution is -2.17. The van der Waals surface area contributed by atoms with Gasteiger partial charge in [-0.25, -0.2) is 8.42 Å². The summed E-state index contributed by atoms with van der Waals surface area (Å²) < 4.78 is 65.9. The van der Waals surface area contributed by atoms with Crippen molar-refractivity contribution in [3.05, 3.63) is 60.3 Å². The lowest BCUT2D eigenvalue weighted by atomic mass is 10.2. The van der Waals surface area contributed by atoms with Crippen LogP contribution in [0.1, 0.15) is 5.56 Å². The Labute approximate surface area is 141 Å². The molecular weight excluding hydrogens is 355 g/mol. The van der Waals surface area contributed by atoms with Crippen molar-refractivity contribution in [2.24, 2.45) is 0 Å². The minimum Gasteiger partial charge on any atom is -0.398 e. The van der Waals surface area contributed by atoms with E-state index in [2.05, 4.69) is 9.71 Å². The Morgan fingerprint density at radius 3 is 2.48 bits per heavy atom. The van der Waals surface area contributed by atoms with Crippen molar-refractivity contribution in [2.75, 3.05) is 10.5 Å². The maximum absolute atomic E-state index is 12.9. The number of halogens is 3. The van der Waals surface area contributed by atoms with Gasteiger partial charge >= 0.3 is 6.18 Å². The van der Waals surface area contributed by atoms with Gasteiger partial charge in [0.25, 0.3) is 10.0 Å². The molecule has 3 N–H and O–H groups in total. The van der Waals surface area contributed by atoms with E-state index in [1.807, 2.05) is 0 Å². The van der Waals surface area contributed by atoms with Gasteiger partial charge in [-0.15, -0.1) is 0 Å². The average Bonchev–Trinajstić information content (AvgIpc) is 2.54. The topological polar surface area (TPSA) is 85.1 Å². The first-order valence-electron chi connectivity index (χ1n) is 7.02. The van der Waals surface area contributed by atoms with E-state index in [1.165, 1.54) is 12.3 Å². The van der Waals surface area contributed by atoms with Gasteiger partial charge in [0.1, 0.15) is 4.90 Å². The van der Waals surface area contributed by atoms with Gasteiger partial charge in [0, 0.05) is 11.6 Å². The molecule has 0 amide bonds. The molecule has 0 aliphatic carbocycles. The van der Waals surface area contributed by atoms with E-state index >= 15 is 0 Å². The standard InChI is InChI=1S/C16H12F3N3O2S/c17-16(18,19)11-6-7-12(20)14(9-11)25(23,24)22-13-5-1-3-10-4-2-8-21-15(10)13/h1-9,22H,20H2.